The minimum absolute atomic E-state index is 0.0608. The van der Waals surface area contributed by atoms with Gasteiger partial charge in [0.2, 0.25) is 5.91 Å². The number of hydrogen-bond acceptors (Lipinski definition) is 3. The van der Waals surface area contributed by atoms with Crippen molar-refractivity contribution in [2.24, 2.45) is 5.92 Å². The standard InChI is InChI=1S/C22H27BrN2O2/c1-24(14-17-7-4-3-5-8-17)22(26)18-9-6-12-25(15-18)16-19-13-20(23)10-11-21(19)27-2/h3-5,7-8,10-11,13,18H,6,9,12,14-16H2,1-2H3/t18-/m0/s1. The number of amides is 1. The third kappa shape index (κ3) is 5.33. The average molecular weight is 431 g/mol. The van der Waals surface area contributed by atoms with Gasteiger partial charge in [-0.05, 0) is 43.1 Å². The molecule has 1 amide bonds. The van der Waals surface area contributed by atoms with Crippen molar-refractivity contribution < 1.29 is 9.53 Å². The molecule has 0 bridgehead atoms. The summed E-state index contributed by atoms with van der Waals surface area (Å²) >= 11 is 3.54. The number of rotatable bonds is 6. The fraction of sp³-hybridized carbons (Fsp3) is 0.409. The smallest absolute Gasteiger partial charge is 0.227 e. The molecule has 1 aliphatic heterocycles. The molecule has 0 radical (unpaired) electrons. The van der Waals surface area contributed by atoms with E-state index >= 15 is 0 Å². The van der Waals surface area contributed by atoms with Crippen molar-refractivity contribution in [2.75, 3.05) is 27.2 Å². The zero-order valence-electron chi connectivity index (χ0n) is 16.0. The lowest BCUT2D eigenvalue weighted by molar-refractivity contribution is -0.136. The summed E-state index contributed by atoms with van der Waals surface area (Å²) in [5.74, 6) is 1.20. The van der Waals surface area contributed by atoms with Gasteiger partial charge in [0.05, 0.1) is 13.0 Å². The fourth-order valence-electron chi connectivity index (χ4n) is 3.76. The van der Waals surface area contributed by atoms with Crippen molar-refractivity contribution in [3.63, 3.8) is 0 Å². The van der Waals surface area contributed by atoms with Crippen molar-refractivity contribution in [1.82, 2.24) is 9.80 Å². The number of halogens is 1. The second-order valence-corrected chi connectivity index (χ2v) is 8.13. The first-order chi connectivity index (χ1) is 13.1. The second kappa shape index (κ2) is 9.38. The Bertz CT molecular complexity index is 766. The molecule has 1 saturated heterocycles. The molecular formula is C22H27BrN2O2. The predicted octanol–water partition coefficient (Wildman–Crippen LogP) is 4.33. The SMILES string of the molecule is COc1ccc(Br)cc1CN1CCC[C@H](C(=O)N(C)Cc2ccccc2)C1. The van der Waals surface area contributed by atoms with Gasteiger partial charge in [-0.25, -0.2) is 0 Å². The third-order valence-corrected chi connectivity index (χ3v) is 5.62. The van der Waals surface area contributed by atoms with E-state index in [0.29, 0.717) is 6.54 Å². The molecule has 144 valence electrons. The lowest BCUT2D eigenvalue weighted by Crippen LogP contribution is -2.43. The highest BCUT2D eigenvalue weighted by Crippen LogP contribution is 2.27. The first-order valence-electron chi connectivity index (χ1n) is 9.40. The monoisotopic (exact) mass is 430 g/mol. The van der Waals surface area contributed by atoms with E-state index in [1.807, 2.05) is 42.3 Å². The van der Waals surface area contributed by atoms with E-state index in [2.05, 4.69) is 39.0 Å². The molecule has 1 heterocycles. The first-order valence-corrected chi connectivity index (χ1v) is 10.2. The Labute approximate surface area is 170 Å². The summed E-state index contributed by atoms with van der Waals surface area (Å²) in [6.45, 7) is 3.28. The van der Waals surface area contributed by atoms with Gasteiger partial charge in [-0.1, -0.05) is 46.3 Å². The summed E-state index contributed by atoms with van der Waals surface area (Å²) in [5.41, 5.74) is 2.32. The van der Waals surface area contributed by atoms with Crippen LogP contribution < -0.4 is 4.74 Å². The molecule has 1 fully saturated rings. The summed E-state index contributed by atoms with van der Waals surface area (Å²) in [4.78, 5) is 17.2. The number of carbonyl (C=O) groups excluding carboxylic acids is 1. The van der Waals surface area contributed by atoms with Gasteiger partial charge in [0.1, 0.15) is 5.75 Å². The normalized spacial score (nSPS) is 17.5. The summed E-state index contributed by atoms with van der Waals surface area (Å²) in [7, 11) is 3.61. The molecule has 1 atom stereocenters. The van der Waals surface area contributed by atoms with Gasteiger partial charge >= 0.3 is 0 Å². The van der Waals surface area contributed by atoms with Gasteiger partial charge < -0.3 is 9.64 Å². The van der Waals surface area contributed by atoms with Crippen LogP contribution in [0.4, 0.5) is 0 Å². The molecule has 0 saturated carbocycles. The van der Waals surface area contributed by atoms with Crippen molar-refractivity contribution >= 4 is 21.8 Å². The van der Waals surface area contributed by atoms with E-state index in [1.54, 1.807) is 7.11 Å². The van der Waals surface area contributed by atoms with Crippen LogP contribution in [0.1, 0.15) is 24.0 Å². The fourth-order valence-corrected chi connectivity index (χ4v) is 4.17. The summed E-state index contributed by atoms with van der Waals surface area (Å²) < 4.78 is 6.54. The molecule has 0 aromatic heterocycles. The quantitative estimate of drug-likeness (QED) is 0.683. The zero-order chi connectivity index (χ0) is 19.2. The van der Waals surface area contributed by atoms with Crippen molar-refractivity contribution in [3.05, 3.63) is 64.1 Å². The highest BCUT2D eigenvalue weighted by Gasteiger charge is 2.28. The maximum atomic E-state index is 12.9. The number of methoxy groups -OCH3 is 1. The highest BCUT2D eigenvalue weighted by molar-refractivity contribution is 9.10. The molecule has 0 spiro atoms. The Morgan fingerprint density at radius 1 is 1.26 bits per heavy atom. The van der Waals surface area contributed by atoms with Crippen LogP contribution in [0.25, 0.3) is 0 Å². The Morgan fingerprint density at radius 2 is 2.04 bits per heavy atom. The zero-order valence-corrected chi connectivity index (χ0v) is 17.6. The van der Waals surface area contributed by atoms with Crippen molar-refractivity contribution in [2.45, 2.75) is 25.9 Å². The van der Waals surface area contributed by atoms with Crippen LogP contribution in [0.5, 0.6) is 5.75 Å². The Balaban J connectivity index is 1.62. The molecule has 27 heavy (non-hydrogen) atoms. The Kier molecular flexibility index (Phi) is 6.91. The Morgan fingerprint density at radius 3 is 2.78 bits per heavy atom. The largest absolute Gasteiger partial charge is 0.496 e. The van der Waals surface area contributed by atoms with E-state index in [1.165, 1.54) is 5.56 Å². The number of hydrogen-bond donors (Lipinski definition) is 0. The number of nitrogens with zero attached hydrogens (tertiary/aromatic N) is 2. The van der Waals surface area contributed by atoms with Gasteiger partial charge in [-0.2, -0.15) is 0 Å². The lowest BCUT2D eigenvalue weighted by Gasteiger charge is -2.34. The first kappa shape index (κ1) is 19.9. The van der Waals surface area contributed by atoms with E-state index in [4.69, 9.17) is 4.74 Å². The van der Waals surface area contributed by atoms with Crippen molar-refractivity contribution in [1.29, 1.82) is 0 Å². The summed E-state index contributed by atoms with van der Waals surface area (Å²) in [6.07, 6.45) is 2.01. The number of piperidine rings is 1. The number of ether oxygens (including phenoxy) is 1. The van der Waals surface area contributed by atoms with E-state index in [-0.39, 0.29) is 11.8 Å². The third-order valence-electron chi connectivity index (χ3n) is 5.13. The number of likely N-dealkylation sites (tertiary alicyclic amines) is 1. The number of benzene rings is 2. The van der Waals surface area contributed by atoms with Crippen LogP contribution in [0, 0.1) is 5.92 Å². The van der Waals surface area contributed by atoms with Crippen LogP contribution in [-0.2, 0) is 17.9 Å². The number of carbonyl (C=O) groups is 1. The van der Waals surface area contributed by atoms with Gasteiger partial charge in [-0.15, -0.1) is 0 Å². The molecular weight excluding hydrogens is 404 g/mol. The van der Waals surface area contributed by atoms with Crippen LogP contribution in [0.15, 0.2) is 53.0 Å². The molecule has 2 aromatic rings. The van der Waals surface area contributed by atoms with Crippen LogP contribution in [-0.4, -0.2) is 43.0 Å². The molecule has 1 aliphatic rings. The molecule has 5 heteroatoms. The van der Waals surface area contributed by atoms with Gasteiger partial charge in [0, 0.05) is 36.7 Å². The molecule has 3 rings (SSSR count). The lowest BCUT2D eigenvalue weighted by atomic mass is 9.96. The van der Waals surface area contributed by atoms with Gasteiger partial charge in [0.25, 0.3) is 0 Å². The Hall–Kier alpha value is -1.85. The maximum Gasteiger partial charge on any atom is 0.227 e. The second-order valence-electron chi connectivity index (χ2n) is 7.21. The summed E-state index contributed by atoms with van der Waals surface area (Å²) in [5, 5.41) is 0. The molecule has 0 unspecified atom stereocenters. The molecule has 0 N–H and O–H groups in total. The van der Waals surface area contributed by atoms with Crippen molar-refractivity contribution in [3.8, 4) is 5.75 Å². The van der Waals surface area contributed by atoms with Crippen LogP contribution in [0.2, 0.25) is 0 Å². The van der Waals surface area contributed by atoms with E-state index < -0.39 is 0 Å². The van der Waals surface area contributed by atoms with E-state index in [0.717, 1.165) is 48.3 Å². The molecule has 0 aliphatic carbocycles. The minimum atomic E-state index is 0.0608. The predicted molar refractivity (Wildman–Crippen MR) is 112 cm³/mol. The van der Waals surface area contributed by atoms with Gasteiger partial charge in [0.15, 0.2) is 0 Å². The highest BCUT2D eigenvalue weighted by atomic mass is 79.9. The topological polar surface area (TPSA) is 32.8 Å². The van der Waals surface area contributed by atoms with Crippen LogP contribution in [0.3, 0.4) is 0 Å². The summed E-state index contributed by atoms with van der Waals surface area (Å²) in [6, 6.07) is 16.2. The average Bonchev–Trinajstić information content (AvgIpc) is 2.68. The molecule has 2 aromatic carbocycles. The van der Waals surface area contributed by atoms with Gasteiger partial charge in [-0.3, -0.25) is 9.69 Å². The van der Waals surface area contributed by atoms with E-state index in [9.17, 15) is 4.79 Å². The minimum Gasteiger partial charge on any atom is -0.496 e. The maximum absolute atomic E-state index is 12.9. The molecule has 4 nitrogen and oxygen atoms in total. The van der Waals surface area contributed by atoms with Crippen LogP contribution >= 0.6 is 15.9 Å².